The fourth-order valence-electron chi connectivity index (χ4n) is 0.952. The molecule has 0 aliphatic heterocycles. The first-order valence-corrected chi connectivity index (χ1v) is 4.37. The summed E-state index contributed by atoms with van der Waals surface area (Å²) < 4.78 is 72.8. The summed E-state index contributed by atoms with van der Waals surface area (Å²) in [7, 11) is 0. The Kier molecular flexibility index (Phi) is 3.32. The molecule has 1 aromatic rings. The van der Waals surface area contributed by atoms with E-state index >= 15 is 0 Å². The van der Waals surface area contributed by atoms with E-state index in [9.17, 15) is 26.3 Å². The highest BCUT2D eigenvalue weighted by molar-refractivity contribution is 9.10. The lowest BCUT2D eigenvalue weighted by atomic mass is 10.1. The molecule has 7 heteroatoms. The van der Waals surface area contributed by atoms with Gasteiger partial charge in [-0.3, -0.25) is 0 Å². The van der Waals surface area contributed by atoms with Gasteiger partial charge in [-0.25, -0.2) is 13.2 Å². The van der Waals surface area contributed by atoms with Crippen molar-refractivity contribution in [2.24, 2.45) is 0 Å². The number of hydrogen-bond acceptors (Lipinski definition) is 0. The van der Waals surface area contributed by atoms with Gasteiger partial charge in [-0.15, -0.1) is 0 Å². The van der Waals surface area contributed by atoms with E-state index in [4.69, 9.17) is 0 Å². The quantitative estimate of drug-likeness (QED) is 0.667. The molecule has 0 aromatic heterocycles. The van der Waals surface area contributed by atoms with Crippen molar-refractivity contribution in [2.75, 3.05) is 0 Å². The summed E-state index contributed by atoms with van der Waals surface area (Å²) in [4.78, 5) is 0. The molecule has 0 heterocycles. The molecule has 0 atom stereocenters. The molecule has 15 heavy (non-hydrogen) atoms. The van der Waals surface area contributed by atoms with E-state index < -0.39 is 34.0 Å². The zero-order chi connectivity index (χ0) is 11.8. The van der Waals surface area contributed by atoms with E-state index in [0.29, 0.717) is 12.1 Å². The van der Waals surface area contributed by atoms with Crippen LogP contribution in [0.3, 0.4) is 0 Å². The largest absolute Gasteiger partial charge is 0.419 e. The summed E-state index contributed by atoms with van der Waals surface area (Å²) in [6.07, 6.45) is -7.93. The highest BCUT2D eigenvalue weighted by Gasteiger charge is 2.35. The molecule has 0 saturated heterocycles. The van der Waals surface area contributed by atoms with Crippen molar-refractivity contribution in [3.05, 3.63) is 33.5 Å². The molecular weight excluding hydrogens is 290 g/mol. The third kappa shape index (κ3) is 2.45. The third-order valence-corrected chi connectivity index (χ3v) is 2.46. The van der Waals surface area contributed by atoms with Crippen LogP contribution < -0.4 is 0 Å². The lowest BCUT2D eigenvalue weighted by Crippen LogP contribution is -2.09. The van der Waals surface area contributed by atoms with Gasteiger partial charge in [0, 0.05) is 5.56 Å². The van der Waals surface area contributed by atoms with Crippen LogP contribution in [0.2, 0.25) is 0 Å². The second-order valence-corrected chi connectivity index (χ2v) is 3.42. The van der Waals surface area contributed by atoms with E-state index in [1.165, 1.54) is 0 Å². The summed E-state index contributed by atoms with van der Waals surface area (Å²) in [5, 5.41) is 0. The molecule has 1 aromatic carbocycles. The topological polar surface area (TPSA) is 0 Å². The number of benzene rings is 1. The molecule has 0 aliphatic carbocycles. The average molecular weight is 293 g/mol. The van der Waals surface area contributed by atoms with Crippen LogP contribution >= 0.6 is 15.9 Å². The Morgan fingerprint density at radius 2 is 1.67 bits per heavy atom. The van der Waals surface area contributed by atoms with Crippen molar-refractivity contribution < 1.29 is 26.3 Å². The summed E-state index contributed by atoms with van der Waals surface area (Å²) in [6.45, 7) is 0. The highest BCUT2D eigenvalue weighted by Crippen LogP contribution is 2.37. The van der Waals surface area contributed by atoms with Gasteiger partial charge >= 0.3 is 6.18 Å². The van der Waals surface area contributed by atoms with Gasteiger partial charge < -0.3 is 0 Å². The van der Waals surface area contributed by atoms with Crippen LogP contribution in [0.15, 0.2) is 16.6 Å². The first kappa shape index (κ1) is 12.4. The molecule has 0 aliphatic rings. The number of halogens is 7. The molecule has 1 rings (SSSR count). The fourth-order valence-corrected chi connectivity index (χ4v) is 1.47. The predicted octanol–water partition coefficient (Wildman–Crippen LogP) is 4.54. The molecule has 84 valence electrons. The molecule has 0 nitrogen and oxygen atoms in total. The van der Waals surface area contributed by atoms with Gasteiger partial charge in [0.1, 0.15) is 5.82 Å². The first-order chi connectivity index (χ1) is 6.75. The van der Waals surface area contributed by atoms with E-state index in [1.807, 2.05) is 0 Å². The van der Waals surface area contributed by atoms with Crippen LogP contribution in [0.4, 0.5) is 26.3 Å². The molecule has 0 saturated carbocycles. The van der Waals surface area contributed by atoms with Crippen molar-refractivity contribution in [1.82, 2.24) is 0 Å². The molecule has 0 bridgehead atoms. The van der Waals surface area contributed by atoms with Crippen molar-refractivity contribution in [3.8, 4) is 0 Å². The Hall–Kier alpha value is -0.720. The van der Waals surface area contributed by atoms with Gasteiger partial charge in [-0.1, -0.05) is 6.07 Å². The maximum Gasteiger partial charge on any atom is 0.419 e. The van der Waals surface area contributed by atoms with Crippen LogP contribution in [0, 0.1) is 5.82 Å². The normalized spacial score (nSPS) is 12.3. The zero-order valence-corrected chi connectivity index (χ0v) is 8.46. The van der Waals surface area contributed by atoms with Gasteiger partial charge in [0.05, 0.1) is 10.0 Å². The average Bonchev–Trinajstić information content (AvgIpc) is 2.06. The SMILES string of the molecule is Fc1c(C(F)(F)F)ccc(C(F)F)c1Br. The molecule has 0 unspecified atom stereocenters. The molecule has 0 N–H and O–H groups in total. The van der Waals surface area contributed by atoms with Crippen LogP contribution in [-0.4, -0.2) is 0 Å². The van der Waals surface area contributed by atoms with E-state index in [-0.39, 0.29) is 0 Å². The smallest absolute Gasteiger partial charge is 0.205 e. The summed E-state index contributed by atoms with van der Waals surface area (Å²) >= 11 is 2.37. The molecule has 0 amide bonds. The Bertz CT molecular complexity index is 370. The standard InChI is InChI=1S/C8H3BrF6/c9-5-3(7(11)12)1-2-4(6(5)10)8(13,14)15/h1-2,7H. The summed E-state index contributed by atoms with van der Waals surface area (Å²) in [5.74, 6) is -1.72. The van der Waals surface area contributed by atoms with Crippen LogP contribution in [0.25, 0.3) is 0 Å². The third-order valence-electron chi connectivity index (χ3n) is 1.65. The fraction of sp³-hybridized carbons (Fsp3) is 0.250. The van der Waals surface area contributed by atoms with Crippen LogP contribution in [0.1, 0.15) is 17.6 Å². The summed E-state index contributed by atoms with van der Waals surface area (Å²) in [6, 6.07) is 0.836. The van der Waals surface area contributed by atoms with Gasteiger partial charge in [0.15, 0.2) is 0 Å². The molecular formula is C8H3BrF6. The molecule has 0 radical (unpaired) electrons. The van der Waals surface area contributed by atoms with Gasteiger partial charge in [-0.05, 0) is 22.0 Å². The van der Waals surface area contributed by atoms with E-state index in [2.05, 4.69) is 15.9 Å². The van der Waals surface area contributed by atoms with Gasteiger partial charge in [0.2, 0.25) is 0 Å². The first-order valence-electron chi connectivity index (χ1n) is 3.58. The van der Waals surface area contributed by atoms with Gasteiger partial charge in [-0.2, -0.15) is 13.2 Å². The summed E-state index contributed by atoms with van der Waals surface area (Å²) in [5.41, 5.74) is -2.38. The van der Waals surface area contributed by atoms with Crippen molar-refractivity contribution in [3.63, 3.8) is 0 Å². The van der Waals surface area contributed by atoms with Gasteiger partial charge in [0.25, 0.3) is 6.43 Å². The predicted molar refractivity (Wildman–Crippen MR) is 44.1 cm³/mol. The lowest BCUT2D eigenvalue weighted by Gasteiger charge is -2.11. The van der Waals surface area contributed by atoms with E-state index in [0.717, 1.165) is 0 Å². The van der Waals surface area contributed by atoms with Crippen molar-refractivity contribution in [2.45, 2.75) is 12.6 Å². The Morgan fingerprint density at radius 3 is 2.07 bits per heavy atom. The van der Waals surface area contributed by atoms with Crippen molar-refractivity contribution in [1.29, 1.82) is 0 Å². The number of hydrogen-bond donors (Lipinski definition) is 0. The molecule has 0 spiro atoms. The number of alkyl halides is 5. The monoisotopic (exact) mass is 292 g/mol. The second-order valence-electron chi connectivity index (χ2n) is 2.63. The maximum atomic E-state index is 13.0. The minimum Gasteiger partial charge on any atom is -0.205 e. The second kappa shape index (κ2) is 4.03. The minimum atomic E-state index is -4.90. The van der Waals surface area contributed by atoms with Crippen molar-refractivity contribution >= 4 is 15.9 Å². The maximum absolute atomic E-state index is 13.0. The lowest BCUT2D eigenvalue weighted by molar-refractivity contribution is -0.140. The Balaban J connectivity index is 3.34. The van der Waals surface area contributed by atoms with Crippen LogP contribution in [0.5, 0.6) is 0 Å². The Morgan fingerprint density at radius 1 is 1.13 bits per heavy atom. The highest BCUT2D eigenvalue weighted by atomic mass is 79.9. The number of rotatable bonds is 1. The minimum absolute atomic E-state index is 0.293. The zero-order valence-electron chi connectivity index (χ0n) is 6.88. The van der Waals surface area contributed by atoms with Crippen LogP contribution in [-0.2, 0) is 6.18 Å². The molecule has 0 fully saturated rings. The van der Waals surface area contributed by atoms with E-state index in [1.54, 1.807) is 0 Å². The Labute approximate surface area is 89.0 Å².